The number of benzene rings is 1. The van der Waals surface area contributed by atoms with Crippen molar-refractivity contribution in [2.45, 2.75) is 17.7 Å². The van der Waals surface area contributed by atoms with E-state index in [1.54, 1.807) is 0 Å². The molecular weight excluding hydrogens is 255 g/mol. The van der Waals surface area contributed by atoms with Crippen LogP contribution < -0.4 is 0 Å². The summed E-state index contributed by atoms with van der Waals surface area (Å²) in [6, 6.07) is 4.89. The zero-order valence-corrected chi connectivity index (χ0v) is 10.2. The Morgan fingerprint density at radius 2 is 1.88 bits per heavy atom. The zero-order valence-electron chi connectivity index (χ0n) is 8.60. The second-order valence-electron chi connectivity index (χ2n) is 3.30. The van der Waals surface area contributed by atoms with E-state index in [0.717, 1.165) is 12.1 Å². The van der Waals surface area contributed by atoms with Crippen LogP contribution in [0.1, 0.15) is 18.6 Å². The van der Waals surface area contributed by atoms with E-state index in [2.05, 4.69) is 0 Å². The highest BCUT2D eigenvalue weighted by molar-refractivity contribution is 7.93. The summed E-state index contributed by atoms with van der Waals surface area (Å²) in [6.45, 7) is 1.45. The molecule has 0 radical (unpaired) electrons. The van der Waals surface area contributed by atoms with Gasteiger partial charge in [-0.25, -0.2) is 12.8 Å². The molecule has 0 aliphatic heterocycles. The van der Waals surface area contributed by atoms with E-state index >= 15 is 0 Å². The minimum Gasteiger partial charge on any atom is -0.386 e. The van der Waals surface area contributed by atoms with Gasteiger partial charge in [-0.05, 0) is 17.7 Å². The Morgan fingerprint density at radius 1 is 1.38 bits per heavy atom. The van der Waals surface area contributed by atoms with Crippen LogP contribution >= 0.6 is 11.6 Å². The Morgan fingerprint density at radius 3 is 2.31 bits per heavy atom. The Labute approximate surface area is 98.8 Å². The summed E-state index contributed by atoms with van der Waals surface area (Å²) in [6.07, 6.45) is -1.35. The molecule has 0 saturated heterocycles. The van der Waals surface area contributed by atoms with E-state index in [0.29, 0.717) is 0 Å². The third-order valence-corrected chi connectivity index (χ3v) is 5.01. The van der Waals surface area contributed by atoms with E-state index in [-0.39, 0.29) is 11.3 Å². The number of aliphatic hydroxyl groups excluding tert-OH is 1. The number of aliphatic hydroxyl groups is 1. The number of alkyl halides is 1. The first kappa shape index (κ1) is 13.4. The van der Waals surface area contributed by atoms with Crippen LogP contribution in [0.2, 0.25) is 0 Å². The Kier molecular flexibility index (Phi) is 4.29. The van der Waals surface area contributed by atoms with Gasteiger partial charge in [0.25, 0.3) is 0 Å². The van der Waals surface area contributed by atoms with Crippen molar-refractivity contribution in [2.24, 2.45) is 0 Å². The van der Waals surface area contributed by atoms with Gasteiger partial charge >= 0.3 is 0 Å². The van der Waals surface area contributed by atoms with Crippen LogP contribution in [-0.2, 0) is 9.84 Å². The van der Waals surface area contributed by atoms with Gasteiger partial charge in [-0.2, -0.15) is 0 Å². The standard InChI is InChI=1S/C10H12ClFO3S/c1-2-16(14,15)10(11)9(13)7-3-5-8(12)6-4-7/h3-6,9-10,13H,2H2,1H3/t9-,10+/m0/s1. The van der Waals surface area contributed by atoms with Crippen molar-refractivity contribution >= 4 is 21.4 Å². The van der Waals surface area contributed by atoms with Crippen LogP contribution in [0.15, 0.2) is 24.3 Å². The van der Waals surface area contributed by atoms with Gasteiger partial charge in [0.15, 0.2) is 14.5 Å². The first-order valence-electron chi connectivity index (χ1n) is 4.67. The van der Waals surface area contributed by atoms with Crippen molar-refractivity contribution in [3.05, 3.63) is 35.6 Å². The molecule has 0 saturated carbocycles. The molecule has 90 valence electrons. The number of hydrogen-bond donors (Lipinski definition) is 1. The fraction of sp³-hybridized carbons (Fsp3) is 0.400. The second kappa shape index (κ2) is 5.12. The minimum atomic E-state index is -3.53. The summed E-state index contributed by atoms with van der Waals surface area (Å²) < 4.78 is 34.0. The van der Waals surface area contributed by atoms with Crippen molar-refractivity contribution in [3.63, 3.8) is 0 Å². The van der Waals surface area contributed by atoms with Crippen molar-refractivity contribution in [1.29, 1.82) is 0 Å². The second-order valence-corrected chi connectivity index (χ2v) is 6.44. The van der Waals surface area contributed by atoms with Crippen LogP contribution in [0.25, 0.3) is 0 Å². The van der Waals surface area contributed by atoms with Crippen molar-refractivity contribution in [2.75, 3.05) is 5.75 Å². The molecule has 1 aromatic rings. The van der Waals surface area contributed by atoms with E-state index < -0.39 is 26.5 Å². The molecule has 0 heterocycles. The molecule has 3 nitrogen and oxygen atoms in total. The number of rotatable bonds is 4. The van der Waals surface area contributed by atoms with Gasteiger partial charge in [0.2, 0.25) is 0 Å². The highest BCUT2D eigenvalue weighted by atomic mass is 35.5. The topological polar surface area (TPSA) is 54.4 Å². The third kappa shape index (κ3) is 2.93. The molecule has 2 atom stereocenters. The maximum atomic E-state index is 12.6. The lowest BCUT2D eigenvalue weighted by Crippen LogP contribution is -2.24. The van der Waals surface area contributed by atoms with Gasteiger partial charge in [0.05, 0.1) is 0 Å². The Bertz CT molecular complexity index is 444. The van der Waals surface area contributed by atoms with Crippen molar-refractivity contribution in [1.82, 2.24) is 0 Å². The normalized spacial score (nSPS) is 15.8. The monoisotopic (exact) mass is 266 g/mol. The van der Waals surface area contributed by atoms with Gasteiger partial charge in [-0.15, -0.1) is 11.6 Å². The molecular formula is C10H12ClFO3S. The molecule has 16 heavy (non-hydrogen) atoms. The summed E-state index contributed by atoms with van der Waals surface area (Å²) in [4.78, 5) is 0. The number of hydrogen-bond acceptors (Lipinski definition) is 3. The lowest BCUT2D eigenvalue weighted by Gasteiger charge is -2.16. The Balaban J connectivity index is 2.94. The molecule has 0 aliphatic rings. The average Bonchev–Trinajstić information content (AvgIpc) is 2.28. The van der Waals surface area contributed by atoms with Gasteiger partial charge in [-0.1, -0.05) is 19.1 Å². The predicted octanol–water partition coefficient (Wildman–Crippen LogP) is 1.86. The van der Waals surface area contributed by atoms with Crippen molar-refractivity contribution in [3.8, 4) is 0 Å². The zero-order chi connectivity index (χ0) is 12.3. The van der Waals surface area contributed by atoms with E-state index in [9.17, 15) is 17.9 Å². The molecule has 0 aliphatic carbocycles. The average molecular weight is 267 g/mol. The summed E-state index contributed by atoms with van der Waals surface area (Å²) in [7, 11) is -3.53. The molecule has 0 unspecified atom stereocenters. The number of halogens is 2. The lowest BCUT2D eigenvalue weighted by molar-refractivity contribution is 0.191. The van der Waals surface area contributed by atoms with Crippen LogP contribution in [0, 0.1) is 5.82 Å². The fourth-order valence-electron chi connectivity index (χ4n) is 1.17. The minimum absolute atomic E-state index is 0.153. The largest absolute Gasteiger partial charge is 0.386 e. The molecule has 0 amide bonds. The van der Waals surface area contributed by atoms with Crippen LogP contribution in [0.3, 0.4) is 0 Å². The Hall–Kier alpha value is -0.650. The first-order valence-corrected chi connectivity index (χ1v) is 6.83. The summed E-state index contributed by atoms with van der Waals surface area (Å²) in [5.74, 6) is -0.611. The van der Waals surface area contributed by atoms with E-state index in [1.807, 2.05) is 0 Å². The molecule has 6 heteroatoms. The fourth-order valence-corrected chi connectivity index (χ4v) is 2.56. The molecule has 0 fully saturated rings. The lowest BCUT2D eigenvalue weighted by atomic mass is 10.1. The van der Waals surface area contributed by atoms with Gasteiger partial charge in [0.1, 0.15) is 11.9 Å². The van der Waals surface area contributed by atoms with Crippen molar-refractivity contribution < 1.29 is 17.9 Å². The summed E-state index contributed by atoms with van der Waals surface area (Å²) in [5.41, 5.74) is 0.276. The highest BCUT2D eigenvalue weighted by Gasteiger charge is 2.29. The van der Waals surface area contributed by atoms with Gasteiger partial charge in [0, 0.05) is 5.75 Å². The predicted molar refractivity (Wildman–Crippen MR) is 60.5 cm³/mol. The maximum Gasteiger partial charge on any atom is 0.169 e. The molecule has 1 N–H and O–H groups in total. The first-order chi connectivity index (χ1) is 7.38. The highest BCUT2D eigenvalue weighted by Crippen LogP contribution is 2.25. The number of sulfone groups is 1. The van der Waals surface area contributed by atoms with Crippen LogP contribution in [-0.4, -0.2) is 24.0 Å². The molecule has 1 rings (SSSR count). The maximum absolute atomic E-state index is 12.6. The van der Waals surface area contributed by atoms with Gasteiger partial charge in [-0.3, -0.25) is 0 Å². The van der Waals surface area contributed by atoms with Gasteiger partial charge < -0.3 is 5.11 Å². The summed E-state index contributed by atoms with van der Waals surface area (Å²) >= 11 is 5.67. The molecule has 1 aromatic carbocycles. The SMILES string of the molecule is CCS(=O)(=O)[C@@H](Cl)[C@@H](O)c1ccc(F)cc1. The third-order valence-electron chi connectivity index (χ3n) is 2.21. The smallest absolute Gasteiger partial charge is 0.169 e. The quantitative estimate of drug-likeness (QED) is 0.847. The molecule has 0 spiro atoms. The van der Waals surface area contributed by atoms with Crippen LogP contribution in [0.4, 0.5) is 4.39 Å². The van der Waals surface area contributed by atoms with E-state index in [4.69, 9.17) is 11.6 Å². The van der Waals surface area contributed by atoms with Crippen LogP contribution in [0.5, 0.6) is 0 Å². The molecule has 0 aromatic heterocycles. The molecule has 0 bridgehead atoms. The van der Waals surface area contributed by atoms with E-state index in [1.165, 1.54) is 19.1 Å². The summed E-state index contributed by atoms with van der Waals surface area (Å²) in [5, 5.41) is 9.71.